The van der Waals surface area contributed by atoms with Gasteiger partial charge in [0, 0.05) is 6.42 Å². The molecule has 0 unspecified atom stereocenters. The molecule has 3 atom stereocenters. The van der Waals surface area contributed by atoms with Crippen LogP contribution in [0.3, 0.4) is 0 Å². The first-order valence-corrected chi connectivity index (χ1v) is 7.68. The van der Waals surface area contributed by atoms with Crippen LogP contribution in [0.25, 0.3) is 0 Å². The van der Waals surface area contributed by atoms with Gasteiger partial charge in [0.15, 0.2) is 0 Å². The highest BCUT2D eigenvalue weighted by atomic mass is 16.7. The number of ether oxygens (including phenoxy) is 3. The van der Waals surface area contributed by atoms with Crippen molar-refractivity contribution < 1.29 is 28.9 Å². The minimum Gasteiger partial charge on any atom is -0.428 e. The Bertz CT molecular complexity index is 504. The summed E-state index contributed by atoms with van der Waals surface area (Å²) in [4.78, 5) is 33.9. The lowest BCUT2D eigenvalue weighted by molar-refractivity contribution is -0.174. The van der Waals surface area contributed by atoms with E-state index in [-0.39, 0.29) is 19.4 Å². The highest BCUT2D eigenvalue weighted by Gasteiger charge is 2.28. The van der Waals surface area contributed by atoms with E-state index < -0.39 is 42.4 Å². The van der Waals surface area contributed by atoms with E-state index in [1.807, 2.05) is 0 Å². The van der Waals surface area contributed by atoms with Crippen LogP contribution in [0.15, 0.2) is 17.8 Å². The number of nitrogens with zero attached hydrogens (tertiary/aromatic N) is 1. The van der Waals surface area contributed by atoms with Crippen LogP contribution >= 0.6 is 0 Å². The number of aliphatic hydroxyl groups excluding tert-OH is 1. The lowest BCUT2D eigenvalue weighted by atomic mass is 9.98. The summed E-state index contributed by atoms with van der Waals surface area (Å²) in [6.45, 7) is 7.79. The molecule has 140 valence electrons. The van der Waals surface area contributed by atoms with Gasteiger partial charge < -0.3 is 19.3 Å². The first-order chi connectivity index (χ1) is 11.7. The van der Waals surface area contributed by atoms with Crippen molar-refractivity contribution in [3.05, 3.63) is 17.6 Å². The van der Waals surface area contributed by atoms with E-state index in [4.69, 9.17) is 20.6 Å². The van der Waals surface area contributed by atoms with Gasteiger partial charge in [-0.2, -0.15) is 4.91 Å². The molecule has 0 fully saturated rings. The van der Waals surface area contributed by atoms with Crippen LogP contribution in [0.1, 0.15) is 33.6 Å². The Morgan fingerprint density at radius 2 is 2.00 bits per heavy atom. The van der Waals surface area contributed by atoms with E-state index in [0.29, 0.717) is 0 Å². The zero-order chi connectivity index (χ0) is 19.5. The van der Waals surface area contributed by atoms with E-state index in [2.05, 4.69) is 17.7 Å². The Kier molecular flexibility index (Phi) is 10.3. The Labute approximate surface area is 147 Å². The van der Waals surface area contributed by atoms with E-state index in [0.717, 1.165) is 0 Å². The molecule has 0 amide bonds. The molecular weight excluding hydrogens is 330 g/mol. The minimum absolute atomic E-state index is 0.0216. The SMILES string of the molecule is C#CC[C@@H](N=O)[C@H](OCCC(=O)OCOC(=O)C(C)(C)C)[C@H](O)C=C. The summed E-state index contributed by atoms with van der Waals surface area (Å²) >= 11 is 0. The zero-order valence-corrected chi connectivity index (χ0v) is 14.8. The number of hydrogen-bond acceptors (Lipinski definition) is 8. The molecule has 1 N–H and O–H groups in total. The van der Waals surface area contributed by atoms with Gasteiger partial charge in [0.2, 0.25) is 6.79 Å². The Morgan fingerprint density at radius 1 is 1.36 bits per heavy atom. The quantitative estimate of drug-likeness (QED) is 0.197. The second kappa shape index (κ2) is 11.3. The number of esters is 2. The number of nitroso groups, excluding NO2 is 1. The first kappa shape index (κ1) is 22.8. The average molecular weight is 355 g/mol. The molecule has 0 aliphatic rings. The van der Waals surface area contributed by atoms with Gasteiger partial charge in [0.05, 0.1) is 18.4 Å². The second-order valence-corrected chi connectivity index (χ2v) is 6.21. The van der Waals surface area contributed by atoms with Crippen molar-refractivity contribution in [2.45, 2.75) is 51.9 Å². The zero-order valence-electron chi connectivity index (χ0n) is 14.8. The number of carbonyl (C=O) groups excluding carboxylic acids is 2. The molecule has 8 heteroatoms. The fourth-order valence-electron chi connectivity index (χ4n) is 1.62. The van der Waals surface area contributed by atoms with Gasteiger partial charge in [-0.05, 0) is 20.8 Å². The number of terminal acetylenes is 1. The summed E-state index contributed by atoms with van der Waals surface area (Å²) in [7, 11) is 0. The van der Waals surface area contributed by atoms with Gasteiger partial charge in [0.25, 0.3) is 0 Å². The number of carbonyl (C=O) groups is 2. The molecule has 0 bridgehead atoms. The molecule has 0 aromatic heterocycles. The van der Waals surface area contributed by atoms with Crippen LogP contribution in [0, 0.1) is 22.7 Å². The van der Waals surface area contributed by atoms with Gasteiger partial charge in [-0.3, -0.25) is 9.59 Å². The van der Waals surface area contributed by atoms with Crippen LogP contribution < -0.4 is 0 Å². The first-order valence-electron chi connectivity index (χ1n) is 7.68. The van der Waals surface area contributed by atoms with Gasteiger partial charge in [-0.25, -0.2) is 0 Å². The van der Waals surface area contributed by atoms with Crippen molar-refractivity contribution >= 4 is 11.9 Å². The Hall–Kier alpha value is -2.24. The molecule has 0 saturated heterocycles. The predicted octanol–water partition coefficient (Wildman–Crippen LogP) is 1.56. The summed E-state index contributed by atoms with van der Waals surface area (Å²) in [6.07, 6.45) is 3.95. The maximum Gasteiger partial charge on any atom is 0.314 e. The highest BCUT2D eigenvalue weighted by molar-refractivity contribution is 5.75. The van der Waals surface area contributed by atoms with Crippen LogP contribution in [0.2, 0.25) is 0 Å². The molecule has 0 radical (unpaired) electrons. The number of aliphatic hydroxyl groups is 1. The van der Waals surface area contributed by atoms with Crippen molar-refractivity contribution in [1.82, 2.24) is 0 Å². The highest BCUT2D eigenvalue weighted by Crippen LogP contribution is 2.15. The van der Waals surface area contributed by atoms with Crippen LogP contribution in [0.4, 0.5) is 0 Å². The van der Waals surface area contributed by atoms with Gasteiger partial charge in [-0.15, -0.1) is 18.9 Å². The van der Waals surface area contributed by atoms with Crippen molar-refractivity contribution in [2.75, 3.05) is 13.4 Å². The molecule has 0 saturated carbocycles. The van der Waals surface area contributed by atoms with Gasteiger partial charge in [-0.1, -0.05) is 11.3 Å². The lowest BCUT2D eigenvalue weighted by Crippen LogP contribution is -2.38. The van der Waals surface area contributed by atoms with Crippen LogP contribution in [-0.4, -0.2) is 48.7 Å². The number of rotatable bonds is 11. The molecule has 0 aromatic rings. The van der Waals surface area contributed by atoms with E-state index in [9.17, 15) is 19.6 Å². The Morgan fingerprint density at radius 3 is 2.48 bits per heavy atom. The topological polar surface area (TPSA) is 111 Å². The average Bonchev–Trinajstić information content (AvgIpc) is 2.55. The maximum absolute atomic E-state index is 11.6. The molecule has 0 aliphatic carbocycles. The second-order valence-electron chi connectivity index (χ2n) is 6.21. The predicted molar refractivity (Wildman–Crippen MR) is 90.1 cm³/mol. The van der Waals surface area contributed by atoms with Crippen LogP contribution in [0.5, 0.6) is 0 Å². The molecular formula is C17H25NO7. The standard InChI is InChI=1S/C17H25NO7/c1-6-8-12(18-22)15(13(19)7-2)23-10-9-14(20)24-11-25-16(21)17(3,4)5/h1,7,12-13,15,19H,2,8-11H2,3-5H3/t12-,13-,15+/m1/s1. The fourth-order valence-corrected chi connectivity index (χ4v) is 1.62. The third-order valence-electron chi connectivity index (χ3n) is 3.06. The third-order valence-corrected chi connectivity index (χ3v) is 3.06. The molecule has 0 rings (SSSR count). The van der Waals surface area contributed by atoms with E-state index >= 15 is 0 Å². The molecule has 25 heavy (non-hydrogen) atoms. The van der Waals surface area contributed by atoms with Crippen molar-refractivity contribution in [3.63, 3.8) is 0 Å². The Balaban J connectivity index is 4.33. The van der Waals surface area contributed by atoms with Crippen molar-refractivity contribution in [2.24, 2.45) is 10.6 Å². The molecule has 0 aliphatic heterocycles. The maximum atomic E-state index is 11.6. The smallest absolute Gasteiger partial charge is 0.314 e. The molecule has 0 aromatic carbocycles. The minimum atomic E-state index is -1.17. The summed E-state index contributed by atoms with van der Waals surface area (Å²) < 4.78 is 14.9. The van der Waals surface area contributed by atoms with E-state index in [1.54, 1.807) is 20.8 Å². The fraction of sp³-hybridized carbons (Fsp3) is 0.647. The summed E-state index contributed by atoms with van der Waals surface area (Å²) in [6, 6.07) is -0.971. The van der Waals surface area contributed by atoms with Crippen molar-refractivity contribution in [3.8, 4) is 12.3 Å². The molecule has 8 nitrogen and oxygen atoms in total. The normalized spacial score (nSPS) is 14.5. The van der Waals surface area contributed by atoms with Crippen LogP contribution in [-0.2, 0) is 23.8 Å². The van der Waals surface area contributed by atoms with Crippen molar-refractivity contribution in [1.29, 1.82) is 0 Å². The molecule has 0 heterocycles. The lowest BCUT2D eigenvalue weighted by Gasteiger charge is -2.24. The third kappa shape index (κ3) is 8.98. The summed E-state index contributed by atoms with van der Waals surface area (Å²) in [5.74, 6) is 1.10. The summed E-state index contributed by atoms with van der Waals surface area (Å²) in [5.41, 5.74) is -0.697. The summed E-state index contributed by atoms with van der Waals surface area (Å²) in [5, 5.41) is 12.6. The van der Waals surface area contributed by atoms with E-state index in [1.165, 1.54) is 6.08 Å². The van der Waals surface area contributed by atoms with Gasteiger partial charge in [0.1, 0.15) is 18.2 Å². The van der Waals surface area contributed by atoms with Gasteiger partial charge >= 0.3 is 11.9 Å². The number of hydrogen-bond donors (Lipinski definition) is 1. The molecule has 0 spiro atoms. The monoisotopic (exact) mass is 355 g/mol. The largest absolute Gasteiger partial charge is 0.428 e.